The number of aromatic nitrogens is 2. The third kappa shape index (κ3) is 2.89. The van der Waals surface area contributed by atoms with Crippen molar-refractivity contribution in [3.63, 3.8) is 0 Å². The zero-order chi connectivity index (χ0) is 13.0. The summed E-state index contributed by atoms with van der Waals surface area (Å²) in [6.45, 7) is 2.19. The molecule has 0 bridgehead atoms. The molecule has 0 aliphatic heterocycles. The third-order valence-electron chi connectivity index (χ3n) is 3.72. The minimum atomic E-state index is -0.380. The first kappa shape index (κ1) is 13.1. The third-order valence-corrected chi connectivity index (χ3v) is 3.72. The van der Waals surface area contributed by atoms with Crippen molar-refractivity contribution in [2.24, 2.45) is 5.92 Å². The van der Waals surface area contributed by atoms with Gasteiger partial charge in [-0.1, -0.05) is 26.2 Å². The van der Waals surface area contributed by atoms with E-state index in [1.54, 1.807) is 7.05 Å². The van der Waals surface area contributed by atoms with E-state index < -0.39 is 0 Å². The molecule has 0 saturated heterocycles. The van der Waals surface area contributed by atoms with Gasteiger partial charge >= 0.3 is 0 Å². The molecule has 5 heteroatoms. The first-order valence-corrected chi connectivity index (χ1v) is 6.71. The highest BCUT2D eigenvalue weighted by atomic mass is 19.1. The van der Waals surface area contributed by atoms with Gasteiger partial charge in [-0.2, -0.15) is 4.98 Å². The molecular formula is C13H21FN4. The first-order chi connectivity index (χ1) is 8.74. The van der Waals surface area contributed by atoms with E-state index in [-0.39, 0.29) is 5.82 Å². The van der Waals surface area contributed by atoms with Crippen LogP contribution in [0, 0.1) is 11.7 Å². The van der Waals surface area contributed by atoms with Crippen molar-refractivity contribution in [1.82, 2.24) is 9.97 Å². The summed E-state index contributed by atoms with van der Waals surface area (Å²) >= 11 is 0. The van der Waals surface area contributed by atoms with Crippen LogP contribution in [0.1, 0.15) is 39.0 Å². The van der Waals surface area contributed by atoms with Crippen molar-refractivity contribution < 1.29 is 4.39 Å². The Hall–Kier alpha value is -1.39. The Morgan fingerprint density at radius 2 is 2.17 bits per heavy atom. The number of nitrogens with zero attached hydrogens (tertiary/aromatic N) is 2. The predicted octanol–water partition coefficient (Wildman–Crippen LogP) is 3.04. The molecule has 1 aliphatic rings. The van der Waals surface area contributed by atoms with Crippen LogP contribution in [0.15, 0.2) is 6.20 Å². The number of rotatable bonds is 4. The number of anilines is 2. The molecule has 1 heterocycles. The molecule has 1 fully saturated rings. The Balaban J connectivity index is 2.11. The lowest BCUT2D eigenvalue weighted by atomic mass is 9.83. The molecule has 2 N–H and O–H groups in total. The van der Waals surface area contributed by atoms with E-state index in [0.29, 0.717) is 23.7 Å². The van der Waals surface area contributed by atoms with Gasteiger partial charge in [0.05, 0.1) is 6.20 Å². The van der Waals surface area contributed by atoms with E-state index in [1.807, 2.05) is 0 Å². The minimum absolute atomic E-state index is 0.319. The molecule has 4 nitrogen and oxygen atoms in total. The van der Waals surface area contributed by atoms with Gasteiger partial charge in [-0.15, -0.1) is 0 Å². The van der Waals surface area contributed by atoms with Crippen molar-refractivity contribution in [2.45, 2.75) is 45.1 Å². The fraction of sp³-hybridized carbons (Fsp3) is 0.692. The zero-order valence-electron chi connectivity index (χ0n) is 11.0. The summed E-state index contributed by atoms with van der Waals surface area (Å²) in [5, 5.41) is 6.09. The molecule has 100 valence electrons. The van der Waals surface area contributed by atoms with Crippen LogP contribution < -0.4 is 10.6 Å². The molecule has 2 unspecified atom stereocenters. The maximum Gasteiger partial charge on any atom is 0.224 e. The predicted molar refractivity (Wildman–Crippen MR) is 71.2 cm³/mol. The van der Waals surface area contributed by atoms with Gasteiger partial charge in [0.2, 0.25) is 5.95 Å². The Labute approximate surface area is 107 Å². The van der Waals surface area contributed by atoms with E-state index in [4.69, 9.17) is 0 Å². The van der Waals surface area contributed by atoms with Crippen LogP contribution >= 0.6 is 0 Å². The average Bonchev–Trinajstić information content (AvgIpc) is 2.42. The highest BCUT2D eigenvalue weighted by molar-refractivity contribution is 5.41. The molecule has 0 spiro atoms. The lowest BCUT2D eigenvalue weighted by Crippen LogP contribution is -2.32. The Morgan fingerprint density at radius 3 is 2.89 bits per heavy atom. The number of halogens is 1. The van der Waals surface area contributed by atoms with Gasteiger partial charge in [-0.3, -0.25) is 0 Å². The van der Waals surface area contributed by atoms with E-state index in [2.05, 4.69) is 27.5 Å². The lowest BCUT2D eigenvalue weighted by Gasteiger charge is -2.31. The quantitative estimate of drug-likeness (QED) is 0.864. The topological polar surface area (TPSA) is 49.8 Å². The maximum atomic E-state index is 13.7. The molecule has 1 aliphatic carbocycles. The van der Waals surface area contributed by atoms with Crippen LogP contribution in [0.25, 0.3) is 0 Å². The maximum absolute atomic E-state index is 13.7. The van der Waals surface area contributed by atoms with Gasteiger partial charge in [0.1, 0.15) is 0 Å². The standard InChI is InChI=1S/C13H21FN4/c1-3-9-6-4-5-7-11(9)17-12-10(14)8-16-13(15-2)18-12/h8-9,11H,3-7H2,1-2H3,(H2,15,16,17,18). The van der Waals surface area contributed by atoms with Crippen LogP contribution in [-0.4, -0.2) is 23.1 Å². The first-order valence-electron chi connectivity index (χ1n) is 6.71. The van der Waals surface area contributed by atoms with Gasteiger partial charge in [-0.05, 0) is 18.8 Å². The summed E-state index contributed by atoms with van der Waals surface area (Å²) < 4.78 is 13.7. The molecular weight excluding hydrogens is 231 g/mol. The number of nitrogens with one attached hydrogen (secondary N) is 2. The fourth-order valence-corrected chi connectivity index (χ4v) is 2.65. The summed E-state index contributed by atoms with van der Waals surface area (Å²) in [5.74, 6) is 1.00. The van der Waals surface area contributed by atoms with Crippen molar-refractivity contribution >= 4 is 11.8 Å². The van der Waals surface area contributed by atoms with Gasteiger partial charge in [0.25, 0.3) is 0 Å². The van der Waals surface area contributed by atoms with Crippen LogP contribution in [0.3, 0.4) is 0 Å². The number of hydrogen-bond donors (Lipinski definition) is 2. The van der Waals surface area contributed by atoms with Gasteiger partial charge in [0.15, 0.2) is 11.6 Å². The highest BCUT2D eigenvalue weighted by Gasteiger charge is 2.24. The molecule has 0 aromatic carbocycles. The van der Waals surface area contributed by atoms with Gasteiger partial charge in [0, 0.05) is 13.1 Å². The lowest BCUT2D eigenvalue weighted by molar-refractivity contribution is 0.316. The van der Waals surface area contributed by atoms with Crippen LogP contribution in [0.4, 0.5) is 16.2 Å². The molecule has 2 rings (SSSR count). The number of hydrogen-bond acceptors (Lipinski definition) is 4. The van der Waals surface area contributed by atoms with Crippen molar-refractivity contribution in [1.29, 1.82) is 0 Å². The highest BCUT2D eigenvalue weighted by Crippen LogP contribution is 2.29. The second-order valence-electron chi connectivity index (χ2n) is 4.84. The minimum Gasteiger partial charge on any atom is -0.364 e. The Morgan fingerprint density at radius 1 is 1.39 bits per heavy atom. The van der Waals surface area contributed by atoms with Crippen molar-refractivity contribution in [2.75, 3.05) is 17.7 Å². The van der Waals surface area contributed by atoms with E-state index >= 15 is 0 Å². The smallest absolute Gasteiger partial charge is 0.224 e. The zero-order valence-corrected chi connectivity index (χ0v) is 11.0. The molecule has 0 radical (unpaired) electrons. The molecule has 1 saturated carbocycles. The Bertz CT molecular complexity index is 397. The second-order valence-corrected chi connectivity index (χ2v) is 4.84. The van der Waals surface area contributed by atoms with Crippen LogP contribution in [0.2, 0.25) is 0 Å². The summed E-state index contributed by atoms with van der Waals surface area (Å²) in [5.41, 5.74) is 0. The summed E-state index contributed by atoms with van der Waals surface area (Å²) in [4.78, 5) is 8.00. The van der Waals surface area contributed by atoms with E-state index in [1.165, 1.54) is 25.5 Å². The molecule has 0 amide bonds. The van der Waals surface area contributed by atoms with Gasteiger partial charge < -0.3 is 10.6 Å². The van der Waals surface area contributed by atoms with Crippen molar-refractivity contribution in [3.05, 3.63) is 12.0 Å². The molecule has 1 aromatic heterocycles. The van der Waals surface area contributed by atoms with Crippen molar-refractivity contribution in [3.8, 4) is 0 Å². The Kier molecular flexibility index (Phi) is 4.33. The fourth-order valence-electron chi connectivity index (χ4n) is 2.65. The summed E-state index contributed by atoms with van der Waals surface area (Å²) in [6.07, 6.45) is 7.15. The average molecular weight is 252 g/mol. The second kappa shape index (κ2) is 5.98. The van der Waals surface area contributed by atoms with Crippen LogP contribution in [-0.2, 0) is 0 Å². The van der Waals surface area contributed by atoms with E-state index in [0.717, 1.165) is 12.8 Å². The normalized spacial score (nSPS) is 23.7. The monoisotopic (exact) mass is 252 g/mol. The summed E-state index contributed by atoms with van der Waals surface area (Å²) in [6, 6.07) is 0.331. The van der Waals surface area contributed by atoms with Crippen LogP contribution in [0.5, 0.6) is 0 Å². The molecule has 2 atom stereocenters. The largest absolute Gasteiger partial charge is 0.364 e. The SMILES string of the molecule is CCC1CCCCC1Nc1nc(NC)ncc1F. The molecule has 18 heavy (non-hydrogen) atoms. The van der Waals surface area contributed by atoms with E-state index in [9.17, 15) is 4.39 Å². The van der Waals surface area contributed by atoms with Gasteiger partial charge in [-0.25, -0.2) is 9.37 Å². The molecule has 1 aromatic rings. The summed E-state index contributed by atoms with van der Waals surface area (Å²) in [7, 11) is 1.73.